The van der Waals surface area contributed by atoms with Gasteiger partial charge < -0.3 is 29.3 Å². The van der Waals surface area contributed by atoms with E-state index in [1.807, 2.05) is 7.05 Å². The number of ketones is 1. The highest BCUT2D eigenvalue weighted by Crippen LogP contribution is 2.45. The first-order chi connectivity index (χ1) is 23.1. The van der Waals surface area contributed by atoms with E-state index in [0.29, 0.717) is 50.3 Å². The summed E-state index contributed by atoms with van der Waals surface area (Å²) in [7, 11) is 4.92. The quantitative estimate of drug-likeness (QED) is 0.233. The Morgan fingerprint density at radius 2 is 1.90 bits per heavy atom. The molecule has 1 N–H and O–H groups in total. The Hall–Kier alpha value is -4.15. The SMILES string of the molecule is C=CC(=O)CC1COCC1Nc1ncc2cc(-c3c(Cl)c(OC)cc(OC)c3Cl)c(=O)n(CCC3CN(C)CCN3C(=O)C#CC)c2n1. The van der Waals surface area contributed by atoms with Crippen LogP contribution in [0.5, 0.6) is 11.5 Å². The molecule has 2 aliphatic heterocycles. The van der Waals surface area contributed by atoms with Gasteiger partial charge in [-0.1, -0.05) is 35.7 Å². The molecule has 2 aliphatic rings. The average Bonchev–Trinajstić information content (AvgIpc) is 3.50. The van der Waals surface area contributed by atoms with E-state index in [2.05, 4.69) is 33.6 Å². The van der Waals surface area contributed by atoms with E-state index in [1.54, 1.807) is 34.7 Å². The Morgan fingerprint density at radius 3 is 2.56 bits per heavy atom. The number of nitrogens with zero attached hydrogens (tertiary/aromatic N) is 5. The van der Waals surface area contributed by atoms with E-state index in [4.69, 9.17) is 42.4 Å². The van der Waals surface area contributed by atoms with Crippen LogP contribution < -0.4 is 20.3 Å². The van der Waals surface area contributed by atoms with Gasteiger partial charge in [0.1, 0.15) is 17.1 Å². The van der Waals surface area contributed by atoms with Gasteiger partial charge in [0, 0.05) is 67.8 Å². The number of carbonyl (C=O) groups excluding carboxylic acids is 2. The number of amides is 1. The van der Waals surface area contributed by atoms with E-state index in [0.717, 1.165) is 0 Å². The van der Waals surface area contributed by atoms with Gasteiger partial charge >= 0.3 is 0 Å². The van der Waals surface area contributed by atoms with Crippen LogP contribution in [0.25, 0.3) is 22.2 Å². The maximum Gasteiger partial charge on any atom is 0.298 e. The number of aromatic nitrogens is 3. The van der Waals surface area contributed by atoms with E-state index in [-0.39, 0.29) is 81.3 Å². The molecule has 5 rings (SSSR count). The minimum atomic E-state index is -0.402. The number of rotatable bonds is 11. The second-order valence-electron chi connectivity index (χ2n) is 11.8. The summed E-state index contributed by atoms with van der Waals surface area (Å²) in [4.78, 5) is 52.8. The largest absolute Gasteiger partial charge is 0.495 e. The van der Waals surface area contributed by atoms with Crippen molar-refractivity contribution in [1.82, 2.24) is 24.3 Å². The van der Waals surface area contributed by atoms with Crippen LogP contribution in [0, 0.1) is 17.8 Å². The van der Waals surface area contributed by atoms with Gasteiger partial charge in [-0.2, -0.15) is 4.98 Å². The van der Waals surface area contributed by atoms with Crippen LogP contribution in [0.15, 0.2) is 35.8 Å². The number of pyridine rings is 1. The van der Waals surface area contributed by atoms with Crippen molar-refractivity contribution in [3.8, 4) is 34.5 Å². The summed E-state index contributed by atoms with van der Waals surface area (Å²) >= 11 is 13.5. The number of methoxy groups -OCH3 is 2. The van der Waals surface area contributed by atoms with Crippen LogP contribution in [0.4, 0.5) is 5.95 Å². The van der Waals surface area contributed by atoms with Crippen LogP contribution in [-0.2, 0) is 20.9 Å². The fourth-order valence-corrected chi connectivity index (χ4v) is 6.89. The molecule has 0 spiro atoms. The number of halogens is 2. The molecule has 1 amide bonds. The molecule has 0 radical (unpaired) electrons. The standard InChI is InChI=1S/C34H38Cl2N6O6/c1-6-8-28(44)41-12-11-40(3)17-22(41)9-10-42-32-20(16-37-34(39-32)38-25-19-48-18-21(25)13-23(43)7-2)14-24(33(42)45)29-30(35)26(46-4)15-27(47-5)31(29)36/h7,14-16,21-22,25H,2,9-13,17-19H2,1,3-5H3,(H,37,38,39). The Labute approximate surface area is 289 Å². The predicted molar refractivity (Wildman–Crippen MR) is 185 cm³/mol. The summed E-state index contributed by atoms with van der Waals surface area (Å²) in [5, 5.41) is 4.15. The third kappa shape index (κ3) is 7.29. The maximum atomic E-state index is 14.5. The fraction of sp³-hybridized carbons (Fsp3) is 0.441. The highest BCUT2D eigenvalue weighted by atomic mass is 35.5. The number of ether oxygens (including phenoxy) is 3. The fourth-order valence-electron chi connectivity index (χ4n) is 6.19. The summed E-state index contributed by atoms with van der Waals surface area (Å²) < 4.78 is 18.2. The van der Waals surface area contributed by atoms with Gasteiger partial charge in [0.25, 0.3) is 11.5 Å². The topological polar surface area (TPSA) is 128 Å². The van der Waals surface area contributed by atoms with Crippen molar-refractivity contribution in [3.05, 3.63) is 51.4 Å². The Kier molecular flexibility index (Phi) is 11.3. The average molecular weight is 698 g/mol. The Bertz CT molecular complexity index is 1830. The lowest BCUT2D eigenvalue weighted by molar-refractivity contribution is -0.129. The van der Waals surface area contributed by atoms with Gasteiger partial charge in [0.05, 0.1) is 49.1 Å². The van der Waals surface area contributed by atoms with Gasteiger partial charge in [0.15, 0.2) is 5.78 Å². The molecule has 2 saturated heterocycles. The Balaban J connectivity index is 1.61. The number of likely N-dealkylation sites (N-methyl/N-ethyl adjacent to an activating group) is 1. The normalized spacial score (nSPS) is 19.5. The zero-order valence-electron chi connectivity index (χ0n) is 27.3. The summed E-state index contributed by atoms with van der Waals surface area (Å²) in [5.41, 5.74) is 0.427. The van der Waals surface area contributed by atoms with Crippen molar-refractivity contribution in [2.75, 3.05) is 59.4 Å². The third-order valence-electron chi connectivity index (χ3n) is 8.74. The molecular formula is C34H38Cl2N6O6. The van der Waals surface area contributed by atoms with Crippen LogP contribution >= 0.6 is 23.2 Å². The second kappa shape index (κ2) is 15.4. The molecular weight excluding hydrogens is 659 g/mol. The highest BCUT2D eigenvalue weighted by Gasteiger charge is 2.31. The van der Waals surface area contributed by atoms with Crippen LogP contribution in [0.3, 0.4) is 0 Å². The minimum absolute atomic E-state index is 0.0737. The minimum Gasteiger partial charge on any atom is -0.495 e. The monoisotopic (exact) mass is 696 g/mol. The molecule has 254 valence electrons. The molecule has 2 fully saturated rings. The third-order valence-corrected chi connectivity index (χ3v) is 9.49. The highest BCUT2D eigenvalue weighted by molar-refractivity contribution is 6.41. The van der Waals surface area contributed by atoms with Gasteiger partial charge in [-0.3, -0.25) is 19.0 Å². The molecule has 12 nitrogen and oxygen atoms in total. The first-order valence-corrected chi connectivity index (χ1v) is 16.3. The van der Waals surface area contributed by atoms with Crippen molar-refractivity contribution in [2.24, 2.45) is 5.92 Å². The summed E-state index contributed by atoms with van der Waals surface area (Å²) in [6, 6.07) is 2.78. The summed E-state index contributed by atoms with van der Waals surface area (Å²) in [6.07, 6.45) is 3.64. The molecule has 3 unspecified atom stereocenters. The zero-order chi connectivity index (χ0) is 34.5. The van der Waals surface area contributed by atoms with E-state index >= 15 is 0 Å². The summed E-state index contributed by atoms with van der Waals surface area (Å²) in [5.74, 6) is 5.79. The van der Waals surface area contributed by atoms with Crippen molar-refractivity contribution < 1.29 is 23.8 Å². The smallest absolute Gasteiger partial charge is 0.298 e. The maximum absolute atomic E-state index is 14.5. The number of fused-ring (bicyclic) bond motifs is 1. The molecule has 48 heavy (non-hydrogen) atoms. The summed E-state index contributed by atoms with van der Waals surface area (Å²) in [6.45, 7) is 8.05. The molecule has 2 aromatic heterocycles. The Morgan fingerprint density at radius 1 is 1.17 bits per heavy atom. The molecule has 0 saturated carbocycles. The number of aryl methyl sites for hydroxylation is 1. The van der Waals surface area contributed by atoms with Gasteiger partial charge in [-0.25, -0.2) is 4.98 Å². The molecule has 4 heterocycles. The number of allylic oxidation sites excluding steroid dienone is 1. The van der Waals surface area contributed by atoms with Crippen LogP contribution in [0.1, 0.15) is 19.8 Å². The molecule has 0 aliphatic carbocycles. The molecule has 14 heteroatoms. The van der Waals surface area contributed by atoms with Crippen LogP contribution in [0.2, 0.25) is 10.0 Å². The lowest BCUT2D eigenvalue weighted by atomic mass is 9.97. The first-order valence-electron chi connectivity index (χ1n) is 15.5. The van der Waals surface area contributed by atoms with Gasteiger partial charge in [0.2, 0.25) is 5.95 Å². The number of benzene rings is 1. The zero-order valence-corrected chi connectivity index (χ0v) is 28.9. The first kappa shape index (κ1) is 35.2. The number of anilines is 1. The van der Waals surface area contributed by atoms with Crippen LogP contribution in [-0.4, -0.2) is 102 Å². The predicted octanol–water partition coefficient (Wildman–Crippen LogP) is 3.91. The lowest BCUT2D eigenvalue weighted by Crippen LogP contribution is -2.54. The number of carbonyl (C=O) groups is 2. The van der Waals surface area contributed by atoms with Crippen molar-refractivity contribution in [2.45, 2.75) is 38.4 Å². The van der Waals surface area contributed by atoms with E-state index in [9.17, 15) is 14.4 Å². The molecule has 3 atom stereocenters. The molecule has 3 aromatic rings. The van der Waals surface area contributed by atoms with Crippen molar-refractivity contribution in [1.29, 1.82) is 0 Å². The lowest BCUT2D eigenvalue weighted by Gasteiger charge is -2.39. The molecule has 1 aromatic carbocycles. The van der Waals surface area contributed by atoms with E-state index in [1.165, 1.54) is 20.3 Å². The number of hydrogen-bond acceptors (Lipinski definition) is 10. The number of nitrogens with one attached hydrogen (secondary N) is 1. The van der Waals surface area contributed by atoms with Gasteiger partial charge in [-0.05, 0) is 38.5 Å². The van der Waals surface area contributed by atoms with Crippen molar-refractivity contribution in [3.63, 3.8) is 0 Å². The second-order valence-corrected chi connectivity index (χ2v) is 12.5. The number of hydrogen-bond donors (Lipinski definition) is 1. The van der Waals surface area contributed by atoms with Crippen molar-refractivity contribution >= 4 is 51.9 Å². The molecule has 0 bridgehead atoms. The van der Waals surface area contributed by atoms with E-state index < -0.39 is 5.56 Å². The number of piperazine rings is 1. The van der Waals surface area contributed by atoms with Gasteiger partial charge in [-0.15, -0.1) is 0 Å².